The van der Waals surface area contributed by atoms with Crippen molar-refractivity contribution in [2.75, 3.05) is 14.2 Å². The molecule has 0 bridgehead atoms. The summed E-state index contributed by atoms with van der Waals surface area (Å²) in [6.45, 7) is 0. The standard InChI is InChI=1S/C15H13BrClFO3/c1-20-13-6-10(12(18)7-14(13)21-2)15(19)9-5-8(17)3-4-11(9)16/h3-7,15,19H,1-2H3. The van der Waals surface area contributed by atoms with Gasteiger partial charge in [0.1, 0.15) is 11.9 Å². The van der Waals surface area contributed by atoms with Crippen LogP contribution in [0.2, 0.25) is 5.02 Å². The summed E-state index contributed by atoms with van der Waals surface area (Å²) >= 11 is 9.24. The number of methoxy groups -OCH3 is 2. The van der Waals surface area contributed by atoms with Crippen LogP contribution in [0.15, 0.2) is 34.8 Å². The van der Waals surface area contributed by atoms with Crippen LogP contribution in [0.5, 0.6) is 11.5 Å². The molecule has 1 N–H and O–H groups in total. The quantitative estimate of drug-likeness (QED) is 0.864. The topological polar surface area (TPSA) is 38.7 Å². The van der Waals surface area contributed by atoms with Crippen LogP contribution in [0.3, 0.4) is 0 Å². The fraction of sp³-hybridized carbons (Fsp3) is 0.200. The normalized spacial score (nSPS) is 12.1. The van der Waals surface area contributed by atoms with Crippen LogP contribution in [0.4, 0.5) is 4.39 Å². The summed E-state index contributed by atoms with van der Waals surface area (Å²) in [6, 6.07) is 7.53. The Morgan fingerprint density at radius 3 is 2.33 bits per heavy atom. The predicted molar refractivity (Wildman–Crippen MR) is 82.7 cm³/mol. The number of aliphatic hydroxyl groups is 1. The molecule has 0 aliphatic rings. The second kappa shape index (κ2) is 6.64. The largest absolute Gasteiger partial charge is 0.493 e. The highest BCUT2D eigenvalue weighted by atomic mass is 79.9. The number of benzene rings is 2. The summed E-state index contributed by atoms with van der Waals surface area (Å²) in [5.41, 5.74) is 0.546. The van der Waals surface area contributed by atoms with Gasteiger partial charge in [0.15, 0.2) is 11.5 Å². The summed E-state index contributed by atoms with van der Waals surface area (Å²) in [5.74, 6) is 0.00855. The Kier molecular flexibility index (Phi) is 5.08. The monoisotopic (exact) mass is 374 g/mol. The van der Waals surface area contributed by atoms with Crippen LogP contribution in [0.1, 0.15) is 17.2 Å². The Labute approximate surface area is 135 Å². The van der Waals surface area contributed by atoms with E-state index in [4.69, 9.17) is 21.1 Å². The molecule has 0 saturated heterocycles. The molecule has 21 heavy (non-hydrogen) atoms. The molecule has 0 aliphatic heterocycles. The van der Waals surface area contributed by atoms with E-state index in [2.05, 4.69) is 15.9 Å². The van der Waals surface area contributed by atoms with Crippen molar-refractivity contribution < 1.29 is 19.0 Å². The molecule has 1 unspecified atom stereocenters. The lowest BCUT2D eigenvalue weighted by Crippen LogP contribution is -2.05. The minimum absolute atomic E-state index is 0.0793. The zero-order chi connectivity index (χ0) is 15.6. The predicted octanol–water partition coefficient (Wildman–Crippen LogP) is 4.34. The van der Waals surface area contributed by atoms with Gasteiger partial charge >= 0.3 is 0 Å². The summed E-state index contributed by atoms with van der Waals surface area (Å²) < 4.78 is 25.0. The summed E-state index contributed by atoms with van der Waals surface area (Å²) in [4.78, 5) is 0. The van der Waals surface area contributed by atoms with E-state index in [1.807, 2.05) is 0 Å². The Morgan fingerprint density at radius 2 is 1.71 bits per heavy atom. The third-order valence-electron chi connectivity index (χ3n) is 3.05. The van der Waals surface area contributed by atoms with Crippen LogP contribution >= 0.6 is 27.5 Å². The third-order valence-corrected chi connectivity index (χ3v) is 4.01. The van der Waals surface area contributed by atoms with Gasteiger partial charge in [-0.1, -0.05) is 27.5 Å². The molecule has 0 amide bonds. The van der Waals surface area contributed by atoms with Crippen molar-refractivity contribution in [1.29, 1.82) is 0 Å². The van der Waals surface area contributed by atoms with Gasteiger partial charge in [0.2, 0.25) is 0 Å². The molecule has 0 radical (unpaired) electrons. The van der Waals surface area contributed by atoms with E-state index in [1.165, 1.54) is 26.4 Å². The molecule has 0 aliphatic carbocycles. The molecular weight excluding hydrogens is 363 g/mol. The second-order valence-electron chi connectivity index (χ2n) is 4.30. The first-order chi connectivity index (χ1) is 9.97. The Bertz CT molecular complexity index is 664. The third kappa shape index (κ3) is 3.31. The molecule has 0 saturated carbocycles. The second-order valence-corrected chi connectivity index (χ2v) is 5.59. The van der Waals surface area contributed by atoms with E-state index in [9.17, 15) is 9.50 Å². The lowest BCUT2D eigenvalue weighted by Gasteiger charge is -2.17. The average Bonchev–Trinajstić information content (AvgIpc) is 2.48. The maximum absolute atomic E-state index is 14.2. The van der Waals surface area contributed by atoms with Crippen molar-refractivity contribution in [2.45, 2.75) is 6.10 Å². The van der Waals surface area contributed by atoms with E-state index in [-0.39, 0.29) is 11.3 Å². The molecule has 0 heterocycles. The molecular formula is C15H13BrClFO3. The van der Waals surface area contributed by atoms with Crippen LogP contribution in [0, 0.1) is 5.82 Å². The molecule has 0 aromatic heterocycles. The lowest BCUT2D eigenvalue weighted by molar-refractivity contribution is 0.213. The van der Waals surface area contributed by atoms with Crippen molar-refractivity contribution in [2.24, 2.45) is 0 Å². The van der Waals surface area contributed by atoms with Gasteiger partial charge in [-0.25, -0.2) is 4.39 Å². The van der Waals surface area contributed by atoms with Crippen molar-refractivity contribution in [3.05, 3.63) is 56.8 Å². The molecule has 112 valence electrons. The number of ether oxygens (including phenoxy) is 2. The van der Waals surface area contributed by atoms with Crippen molar-refractivity contribution in [1.82, 2.24) is 0 Å². The van der Waals surface area contributed by atoms with Gasteiger partial charge in [0.05, 0.1) is 14.2 Å². The van der Waals surface area contributed by atoms with Gasteiger partial charge in [-0.3, -0.25) is 0 Å². The van der Waals surface area contributed by atoms with Crippen LogP contribution in [0.25, 0.3) is 0 Å². The number of halogens is 3. The first-order valence-electron chi connectivity index (χ1n) is 6.02. The van der Waals surface area contributed by atoms with E-state index >= 15 is 0 Å². The van der Waals surface area contributed by atoms with E-state index in [0.717, 1.165) is 0 Å². The Balaban J connectivity index is 2.52. The maximum Gasteiger partial charge on any atom is 0.163 e. The lowest BCUT2D eigenvalue weighted by atomic mass is 10.0. The number of aliphatic hydroxyl groups excluding tert-OH is 1. The first-order valence-corrected chi connectivity index (χ1v) is 7.19. The summed E-state index contributed by atoms with van der Waals surface area (Å²) in [6.07, 6.45) is -1.18. The van der Waals surface area contributed by atoms with Gasteiger partial charge < -0.3 is 14.6 Å². The van der Waals surface area contributed by atoms with Crippen LogP contribution < -0.4 is 9.47 Å². The zero-order valence-corrected chi connectivity index (χ0v) is 13.7. The summed E-state index contributed by atoms with van der Waals surface area (Å²) in [5, 5.41) is 10.9. The van der Waals surface area contributed by atoms with Gasteiger partial charge in [-0.2, -0.15) is 0 Å². The fourth-order valence-corrected chi connectivity index (χ4v) is 2.62. The average molecular weight is 376 g/mol. The number of rotatable bonds is 4. The molecule has 3 nitrogen and oxygen atoms in total. The molecule has 0 spiro atoms. The minimum Gasteiger partial charge on any atom is -0.493 e. The molecule has 2 rings (SSSR count). The smallest absolute Gasteiger partial charge is 0.163 e. The van der Waals surface area contributed by atoms with Gasteiger partial charge in [0.25, 0.3) is 0 Å². The first kappa shape index (κ1) is 16.1. The SMILES string of the molecule is COc1cc(F)c(C(O)c2cc(Cl)ccc2Br)cc1OC. The summed E-state index contributed by atoms with van der Waals surface area (Å²) in [7, 11) is 2.86. The van der Waals surface area contributed by atoms with E-state index < -0.39 is 11.9 Å². The Hall–Kier alpha value is -1.30. The van der Waals surface area contributed by atoms with Crippen LogP contribution in [-0.4, -0.2) is 19.3 Å². The number of hydrogen-bond acceptors (Lipinski definition) is 3. The van der Waals surface area contributed by atoms with E-state index in [1.54, 1.807) is 18.2 Å². The maximum atomic E-state index is 14.2. The Morgan fingerprint density at radius 1 is 1.10 bits per heavy atom. The van der Waals surface area contributed by atoms with Crippen LogP contribution in [-0.2, 0) is 0 Å². The van der Waals surface area contributed by atoms with Gasteiger partial charge in [-0.05, 0) is 24.3 Å². The number of hydrogen-bond donors (Lipinski definition) is 1. The van der Waals surface area contributed by atoms with Gasteiger partial charge in [-0.15, -0.1) is 0 Å². The highest BCUT2D eigenvalue weighted by Crippen LogP contribution is 2.37. The molecule has 2 aromatic rings. The van der Waals surface area contributed by atoms with Crippen molar-refractivity contribution >= 4 is 27.5 Å². The molecule has 2 aromatic carbocycles. The van der Waals surface area contributed by atoms with Gasteiger partial charge in [0, 0.05) is 26.7 Å². The fourth-order valence-electron chi connectivity index (χ4n) is 1.97. The molecule has 1 atom stereocenters. The zero-order valence-electron chi connectivity index (χ0n) is 11.4. The van der Waals surface area contributed by atoms with Crippen molar-refractivity contribution in [3.63, 3.8) is 0 Å². The highest BCUT2D eigenvalue weighted by molar-refractivity contribution is 9.10. The highest BCUT2D eigenvalue weighted by Gasteiger charge is 2.21. The minimum atomic E-state index is -1.18. The van der Waals surface area contributed by atoms with E-state index in [0.29, 0.717) is 20.8 Å². The molecule has 6 heteroatoms. The molecule has 0 fully saturated rings. The van der Waals surface area contributed by atoms with Crippen molar-refractivity contribution in [3.8, 4) is 11.5 Å².